The normalized spacial score (nSPS) is 15.9. The molecular formula is C7H8F5IO. The first kappa shape index (κ1) is 14.1. The number of alkyl halides is 5. The molecule has 0 rings (SSSR count). The van der Waals surface area contributed by atoms with Gasteiger partial charge in [-0.15, -0.1) is 0 Å². The van der Waals surface area contributed by atoms with Gasteiger partial charge in [0.15, 0.2) is 0 Å². The van der Waals surface area contributed by atoms with Crippen molar-refractivity contribution in [2.24, 2.45) is 0 Å². The number of halogens is 6. The molecule has 7 heteroatoms. The van der Waals surface area contributed by atoms with Crippen molar-refractivity contribution in [3.8, 4) is 0 Å². The monoisotopic (exact) mass is 330 g/mol. The van der Waals surface area contributed by atoms with Gasteiger partial charge in [-0.25, -0.2) is 0 Å². The second-order valence-electron chi connectivity index (χ2n) is 3.17. The standard InChI is InChI=1S/C7H8F5IO/c1-5(2,14)4(13)3-6(8,9)7(10,11)12/h3,14H,1-2H3. The molecule has 0 saturated carbocycles. The van der Waals surface area contributed by atoms with E-state index in [1.807, 2.05) is 0 Å². The summed E-state index contributed by atoms with van der Waals surface area (Å²) in [4.78, 5) is 0. The van der Waals surface area contributed by atoms with Gasteiger partial charge in [0.2, 0.25) is 0 Å². The zero-order valence-electron chi connectivity index (χ0n) is 7.29. The van der Waals surface area contributed by atoms with Gasteiger partial charge >= 0.3 is 12.1 Å². The van der Waals surface area contributed by atoms with Gasteiger partial charge in [-0.2, -0.15) is 22.0 Å². The Morgan fingerprint density at radius 1 is 1.14 bits per heavy atom. The second-order valence-corrected chi connectivity index (χ2v) is 4.33. The summed E-state index contributed by atoms with van der Waals surface area (Å²) in [6, 6.07) is 0. The Balaban J connectivity index is 5.00. The third-order valence-electron chi connectivity index (χ3n) is 1.27. The van der Waals surface area contributed by atoms with Gasteiger partial charge in [0.05, 0.1) is 5.60 Å². The molecule has 1 N–H and O–H groups in total. The van der Waals surface area contributed by atoms with Crippen LogP contribution in [0.3, 0.4) is 0 Å². The molecule has 0 saturated heterocycles. The Kier molecular flexibility index (Phi) is 3.94. The average Bonchev–Trinajstić information content (AvgIpc) is 1.80. The van der Waals surface area contributed by atoms with E-state index < -0.39 is 21.3 Å². The van der Waals surface area contributed by atoms with E-state index in [0.29, 0.717) is 0 Å². The van der Waals surface area contributed by atoms with Crippen molar-refractivity contribution >= 4 is 22.6 Å². The third kappa shape index (κ3) is 3.68. The second kappa shape index (κ2) is 3.92. The summed E-state index contributed by atoms with van der Waals surface area (Å²) in [5, 5.41) is 9.14. The van der Waals surface area contributed by atoms with Crippen LogP contribution in [-0.4, -0.2) is 22.8 Å². The van der Waals surface area contributed by atoms with Crippen LogP contribution in [0.2, 0.25) is 0 Å². The van der Waals surface area contributed by atoms with Gasteiger partial charge in [-0.1, -0.05) is 0 Å². The molecule has 0 atom stereocenters. The number of aliphatic hydroxyl groups is 1. The predicted octanol–water partition coefficient (Wildman–Crippen LogP) is 3.27. The van der Waals surface area contributed by atoms with Crippen LogP contribution in [0.1, 0.15) is 13.8 Å². The van der Waals surface area contributed by atoms with Crippen LogP contribution >= 0.6 is 22.6 Å². The lowest BCUT2D eigenvalue weighted by molar-refractivity contribution is -0.259. The summed E-state index contributed by atoms with van der Waals surface area (Å²) >= 11 is 1.24. The molecule has 0 fully saturated rings. The summed E-state index contributed by atoms with van der Waals surface area (Å²) in [5.41, 5.74) is -1.70. The number of hydrogen-bond donors (Lipinski definition) is 1. The van der Waals surface area contributed by atoms with E-state index in [4.69, 9.17) is 5.11 Å². The first-order chi connectivity index (χ1) is 5.88. The minimum atomic E-state index is -5.63. The molecule has 0 aliphatic rings. The molecule has 0 aromatic heterocycles. The highest BCUT2D eigenvalue weighted by atomic mass is 127. The Hall–Kier alpha value is 0.0800. The summed E-state index contributed by atoms with van der Waals surface area (Å²) in [6.07, 6.45) is -5.91. The number of allylic oxidation sites excluding steroid dienone is 1. The lowest BCUT2D eigenvalue weighted by atomic mass is 10.1. The Morgan fingerprint density at radius 3 is 1.71 bits per heavy atom. The molecule has 0 bridgehead atoms. The molecule has 0 heterocycles. The lowest BCUT2D eigenvalue weighted by Gasteiger charge is -2.21. The minimum Gasteiger partial charge on any atom is -0.385 e. The molecule has 0 aromatic carbocycles. The number of rotatable bonds is 2. The van der Waals surface area contributed by atoms with Crippen LogP contribution in [0.15, 0.2) is 9.66 Å². The van der Waals surface area contributed by atoms with E-state index in [-0.39, 0.29) is 6.08 Å². The fourth-order valence-electron chi connectivity index (χ4n) is 0.418. The van der Waals surface area contributed by atoms with E-state index in [2.05, 4.69) is 0 Å². The van der Waals surface area contributed by atoms with Crippen LogP contribution < -0.4 is 0 Å². The first-order valence-electron chi connectivity index (χ1n) is 3.43. The maximum absolute atomic E-state index is 12.4. The first-order valence-corrected chi connectivity index (χ1v) is 4.51. The average molecular weight is 330 g/mol. The van der Waals surface area contributed by atoms with Crippen LogP contribution in [0.5, 0.6) is 0 Å². The Bertz CT molecular complexity index is 237. The fraction of sp³-hybridized carbons (Fsp3) is 0.714. The van der Waals surface area contributed by atoms with Gasteiger partial charge < -0.3 is 5.11 Å². The highest BCUT2D eigenvalue weighted by Crippen LogP contribution is 2.39. The summed E-state index contributed by atoms with van der Waals surface area (Å²) in [5.74, 6) is -4.91. The number of hydrogen-bond acceptors (Lipinski definition) is 1. The van der Waals surface area contributed by atoms with Crippen molar-refractivity contribution in [2.75, 3.05) is 0 Å². The Labute approximate surface area is 91.1 Å². The van der Waals surface area contributed by atoms with Crippen LogP contribution in [-0.2, 0) is 0 Å². The van der Waals surface area contributed by atoms with E-state index in [1.165, 1.54) is 22.6 Å². The van der Waals surface area contributed by atoms with E-state index >= 15 is 0 Å². The Morgan fingerprint density at radius 2 is 1.50 bits per heavy atom. The van der Waals surface area contributed by atoms with Gasteiger partial charge in [0, 0.05) is 9.66 Å². The van der Waals surface area contributed by atoms with E-state index in [1.54, 1.807) is 0 Å². The molecule has 14 heavy (non-hydrogen) atoms. The molecule has 0 radical (unpaired) electrons. The largest absolute Gasteiger partial charge is 0.457 e. The van der Waals surface area contributed by atoms with Gasteiger partial charge in [-0.3, -0.25) is 0 Å². The van der Waals surface area contributed by atoms with Gasteiger partial charge in [0.25, 0.3) is 0 Å². The highest BCUT2D eigenvalue weighted by molar-refractivity contribution is 14.1. The molecule has 0 aliphatic carbocycles. The van der Waals surface area contributed by atoms with E-state index in [9.17, 15) is 22.0 Å². The predicted molar refractivity (Wildman–Crippen MR) is 49.4 cm³/mol. The molecule has 0 aliphatic heterocycles. The molecule has 0 aromatic rings. The van der Waals surface area contributed by atoms with Crippen molar-refractivity contribution < 1.29 is 27.1 Å². The van der Waals surface area contributed by atoms with Gasteiger partial charge in [-0.05, 0) is 36.4 Å². The van der Waals surface area contributed by atoms with Crippen LogP contribution in [0.25, 0.3) is 0 Å². The third-order valence-corrected chi connectivity index (χ3v) is 2.90. The van der Waals surface area contributed by atoms with Crippen molar-refractivity contribution in [3.63, 3.8) is 0 Å². The topological polar surface area (TPSA) is 20.2 Å². The molecular weight excluding hydrogens is 322 g/mol. The van der Waals surface area contributed by atoms with Crippen molar-refractivity contribution in [1.29, 1.82) is 0 Å². The maximum Gasteiger partial charge on any atom is 0.457 e. The minimum absolute atomic E-state index is 0.284. The van der Waals surface area contributed by atoms with Crippen molar-refractivity contribution in [1.82, 2.24) is 0 Å². The quantitative estimate of drug-likeness (QED) is 0.609. The summed E-state index contributed by atoms with van der Waals surface area (Å²) < 4.78 is 59.4. The molecule has 1 nitrogen and oxygen atoms in total. The molecule has 0 spiro atoms. The van der Waals surface area contributed by atoms with E-state index in [0.717, 1.165) is 13.8 Å². The van der Waals surface area contributed by atoms with Crippen LogP contribution in [0, 0.1) is 0 Å². The lowest BCUT2D eigenvalue weighted by Crippen LogP contribution is -2.35. The zero-order chi connectivity index (χ0) is 11.8. The summed E-state index contributed by atoms with van der Waals surface area (Å²) in [6.45, 7) is 2.25. The SMILES string of the molecule is CC(C)(O)C(I)=CC(F)(F)C(F)(F)F. The highest BCUT2D eigenvalue weighted by Gasteiger charge is 2.56. The molecule has 84 valence electrons. The maximum atomic E-state index is 12.4. The smallest absolute Gasteiger partial charge is 0.385 e. The zero-order valence-corrected chi connectivity index (χ0v) is 9.45. The molecule has 0 unspecified atom stereocenters. The molecule has 0 amide bonds. The van der Waals surface area contributed by atoms with Crippen molar-refractivity contribution in [2.45, 2.75) is 31.5 Å². The van der Waals surface area contributed by atoms with Crippen LogP contribution in [0.4, 0.5) is 22.0 Å². The fourth-order valence-corrected chi connectivity index (χ4v) is 0.809. The summed E-state index contributed by atoms with van der Waals surface area (Å²) in [7, 11) is 0. The van der Waals surface area contributed by atoms with Crippen molar-refractivity contribution in [3.05, 3.63) is 9.66 Å². The van der Waals surface area contributed by atoms with Gasteiger partial charge in [0.1, 0.15) is 0 Å².